The van der Waals surface area contributed by atoms with Crippen LogP contribution in [0.1, 0.15) is 19.3 Å². The van der Waals surface area contributed by atoms with Gasteiger partial charge in [-0.15, -0.1) is 0 Å². The lowest BCUT2D eigenvalue weighted by molar-refractivity contribution is -0.137. The first-order valence-electron chi connectivity index (χ1n) is 9.32. The number of nitrogens with zero attached hydrogens (tertiary/aromatic N) is 2. The molecular formula is C19H28FN3O2. The maximum atomic E-state index is 12.8. The van der Waals surface area contributed by atoms with Crippen molar-refractivity contribution in [2.24, 2.45) is 5.92 Å². The third-order valence-electron chi connectivity index (χ3n) is 5.03. The van der Waals surface area contributed by atoms with E-state index >= 15 is 0 Å². The number of carbonyl (C=O) groups is 1. The Morgan fingerprint density at radius 3 is 2.64 bits per heavy atom. The second-order valence-electron chi connectivity index (χ2n) is 6.87. The molecule has 2 saturated heterocycles. The van der Waals surface area contributed by atoms with Crippen molar-refractivity contribution in [1.29, 1.82) is 0 Å². The summed E-state index contributed by atoms with van der Waals surface area (Å²) >= 11 is 0. The first-order chi connectivity index (χ1) is 12.2. The van der Waals surface area contributed by atoms with Gasteiger partial charge in [-0.3, -0.25) is 9.69 Å². The predicted octanol–water partition coefficient (Wildman–Crippen LogP) is 1.74. The molecule has 3 rings (SSSR count). The smallest absolute Gasteiger partial charge is 0.227 e. The Bertz CT molecular complexity index is 538. The minimum atomic E-state index is -0.247. The highest BCUT2D eigenvalue weighted by molar-refractivity contribution is 5.79. The third kappa shape index (κ3) is 5.41. The molecule has 0 aromatic heterocycles. The largest absolute Gasteiger partial charge is 0.494 e. The number of rotatable bonds is 6. The van der Waals surface area contributed by atoms with E-state index in [0.717, 1.165) is 65.1 Å². The van der Waals surface area contributed by atoms with Crippen molar-refractivity contribution >= 4 is 5.91 Å². The minimum Gasteiger partial charge on any atom is -0.494 e. The zero-order valence-electron chi connectivity index (χ0n) is 14.8. The van der Waals surface area contributed by atoms with Gasteiger partial charge >= 0.3 is 0 Å². The molecule has 2 aliphatic rings. The second-order valence-corrected chi connectivity index (χ2v) is 6.87. The summed E-state index contributed by atoms with van der Waals surface area (Å²) in [6, 6.07) is 6.13. The molecule has 2 fully saturated rings. The van der Waals surface area contributed by atoms with Gasteiger partial charge in [0.1, 0.15) is 11.6 Å². The fourth-order valence-electron chi connectivity index (χ4n) is 3.52. The van der Waals surface area contributed by atoms with E-state index in [1.807, 2.05) is 4.90 Å². The van der Waals surface area contributed by atoms with Gasteiger partial charge in [0.15, 0.2) is 0 Å². The highest BCUT2D eigenvalue weighted by Gasteiger charge is 2.28. The van der Waals surface area contributed by atoms with Crippen molar-refractivity contribution in [2.45, 2.75) is 19.3 Å². The Balaban J connectivity index is 1.31. The van der Waals surface area contributed by atoms with Crippen LogP contribution in [0.15, 0.2) is 24.3 Å². The Kier molecular flexibility index (Phi) is 6.64. The predicted molar refractivity (Wildman–Crippen MR) is 95.1 cm³/mol. The lowest BCUT2D eigenvalue weighted by atomic mass is 9.98. The first-order valence-corrected chi connectivity index (χ1v) is 9.32. The molecule has 2 aliphatic heterocycles. The van der Waals surface area contributed by atoms with Gasteiger partial charge < -0.3 is 15.0 Å². The average molecular weight is 349 g/mol. The molecule has 0 bridgehead atoms. The van der Waals surface area contributed by atoms with Gasteiger partial charge in [0.2, 0.25) is 5.91 Å². The molecule has 0 unspecified atom stereocenters. The number of amides is 1. The standard InChI is InChI=1S/C19H28FN3O2/c20-17-4-6-18(7-5-17)25-14-2-9-22-10-12-23(13-11-22)19(24)16-3-1-8-21-15-16/h4-7,16,21H,1-3,8-15H2/t16-/m1/s1. The van der Waals surface area contributed by atoms with Gasteiger partial charge in [-0.05, 0) is 50.1 Å². The molecule has 0 spiro atoms. The summed E-state index contributed by atoms with van der Waals surface area (Å²) in [5, 5.41) is 3.32. The number of carbonyl (C=O) groups excluding carboxylic acids is 1. The monoisotopic (exact) mass is 349 g/mol. The van der Waals surface area contributed by atoms with Crippen molar-refractivity contribution in [3.63, 3.8) is 0 Å². The van der Waals surface area contributed by atoms with Crippen LogP contribution >= 0.6 is 0 Å². The molecule has 0 saturated carbocycles. The van der Waals surface area contributed by atoms with Gasteiger partial charge in [0.25, 0.3) is 0 Å². The average Bonchev–Trinajstić information content (AvgIpc) is 2.67. The number of halogens is 1. The van der Waals surface area contributed by atoms with Crippen molar-refractivity contribution < 1.29 is 13.9 Å². The summed E-state index contributed by atoms with van der Waals surface area (Å²) in [5.74, 6) is 0.956. The summed E-state index contributed by atoms with van der Waals surface area (Å²) in [7, 11) is 0. The molecule has 0 aliphatic carbocycles. The van der Waals surface area contributed by atoms with Gasteiger partial charge in [-0.1, -0.05) is 0 Å². The van der Waals surface area contributed by atoms with E-state index < -0.39 is 0 Å². The lowest BCUT2D eigenvalue weighted by Gasteiger charge is -2.37. The van der Waals surface area contributed by atoms with Crippen LogP contribution < -0.4 is 10.1 Å². The Hall–Kier alpha value is -1.66. The molecule has 0 radical (unpaired) electrons. The molecule has 6 heteroatoms. The topological polar surface area (TPSA) is 44.8 Å². The summed E-state index contributed by atoms with van der Waals surface area (Å²) < 4.78 is 18.5. The zero-order valence-corrected chi connectivity index (χ0v) is 14.8. The maximum Gasteiger partial charge on any atom is 0.227 e. The number of piperidine rings is 1. The van der Waals surface area contributed by atoms with Crippen molar-refractivity contribution in [3.8, 4) is 5.75 Å². The second kappa shape index (κ2) is 9.15. The Morgan fingerprint density at radius 2 is 1.96 bits per heavy atom. The van der Waals surface area contributed by atoms with Crippen LogP contribution in [0.5, 0.6) is 5.75 Å². The molecule has 1 amide bonds. The molecule has 5 nitrogen and oxygen atoms in total. The summed E-state index contributed by atoms with van der Waals surface area (Å²) in [4.78, 5) is 16.9. The SMILES string of the molecule is O=C([C@@H]1CCCNC1)N1CCN(CCCOc2ccc(F)cc2)CC1. The van der Waals surface area contributed by atoms with Crippen LogP contribution in [0.3, 0.4) is 0 Å². The third-order valence-corrected chi connectivity index (χ3v) is 5.03. The highest BCUT2D eigenvalue weighted by Crippen LogP contribution is 2.15. The van der Waals surface area contributed by atoms with E-state index in [0.29, 0.717) is 18.3 Å². The molecular weight excluding hydrogens is 321 g/mol. The van der Waals surface area contributed by atoms with Crippen LogP contribution in [0.4, 0.5) is 4.39 Å². The maximum absolute atomic E-state index is 12.8. The molecule has 1 aromatic rings. The molecule has 1 aromatic carbocycles. The van der Waals surface area contributed by atoms with Gasteiger partial charge in [0, 0.05) is 39.3 Å². The van der Waals surface area contributed by atoms with Crippen LogP contribution in [0.2, 0.25) is 0 Å². The Morgan fingerprint density at radius 1 is 1.20 bits per heavy atom. The van der Waals surface area contributed by atoms with E-state index in [1.54, 1.807) is 12.1 Å². The molecule has 1 atom stereocenters. The van der Waals surface area contributed by atoms with Gasteiger partial charge in [-0.25, -0.2) is 4.39 Å². The van der Waals surface area contributed by atoms with Crippen LogP contribution in [-0.2, 0) is 4.79 Å². The number of ether oxygens (including phenoxy) is 1. The fourth-order valence-corrected chi connectivity index (χ4v) is 3.52. The van der Waals surface area contributed by atoms with Crippen molar-refractivity contribution in [2.75, 3.05) is 52.4 Å². The highest BCUT2D eigenvalue weighted by atomic mass is 19.1. The minimum absolute atomic E-state index is 0.171. The quantitative estimate of drug-likeness (QED) is 0.795. The number of nitrogens with one attached hydrogen (secondary N) is 1. The van der Waals surface area contributed by atoms with Crippen LogP contribution in [0, 0.1) is 11.7 Å². The van der Waals surface area contributed by atoms with E-state index in [1.165, 1.54) is 12.1 Å². The first kappa shape index (κ1) is 18.1. The normalized spacial score (nSPS) is 22.0. The van der Waals surface area contributed by atoms with Crippen molar-refractivity contribution in [3.05, 3.63) is 30.1 Å². The summed E-state index contributed by atoms with van der Waals surface area (Å²) in [6.07, 6.45) is 3.05. The van der Waals surface area contributed by atoms with E-state index in [2.05, 4.69) is 10.2 Å². The van der Waals surface area contributed by atoms with Gasteiger partial charge in [-0.2, -0.15) is 0 Å². The van der Waals surface area contributed by atoms with E-state index in [9.17, 15) is 9.18 Å². The summed E-state index contributed by atoms with van der Waals surface area (Å²) in [6.45, 7) is 6.98. The van der Waals surface area contributed by atoms with Gasteiger partial charge in [0.05, 0.1) is 12.5 Å². The molecule has 25 heavy (non-hydrogen) atoms. The molecule has 138 valence electrons. The molecule has 2 heterocycles. The van der Waals surface area contributed by atoms with Crippen molar-refractivity contribution in [1.82, 2.24) is 15.1 Å². The number of hydrogen-bond donors (Lipinski definition) is 1. The van der Waals surface area contributed by atoms with E-state index in [-0.39, 0.29) is 11.7 Å². The molecule has 1 N–H and O–H groups in total. The zero-order chi connectivity index (χ0) is 17.5. The number of benzene rings is 1. The van der Waals surface area contributed by atoms with Crippen LogP contribution in [0.25, 0.3) is 0 Å². The lowest BCUT2D eigenvalue weighted by Crippen LogP contribution is -2.52. The Labute approximate surface area is 149 Å². The number of hydrogen-bond acceptors (Lipinski definition) is 4. The number of piperazine rings is 1. The summed E-state index contributed by atoms with van der Waals surface area (Å²) in [5.41, 5.74) is 0. The fraction of sp³-hybridized carbons (Fsp3) is 0.632. The van der Waals surface area contributed by atoms with E-state index in [4.69, 9.17) is 4.74 Å². The van der Waals surface area contributed by atoms with Crippen LogP contribution in [-0.4, -0.2) is 68.1 Å².